The summed E-state index contributed by atoms with van der Waals surface area (Å²) in [5.74, 6) is -0.256. The van der Waals surface area contributed by atoms with Gasteiger partial charge < -0.3 is 14.5 Å². The van der Waals surface area contributed by atoms with Gasteiger partial charge in [-0.25, -0.2) is 9.18 Å². The number of piperidine rings is 1. The van der Waals surface area contributed by atoms with Crippen LogP contribution in [-0.4, -0.2) is 47.8 Å². The number of pyridine rings is 1. The summed E-state index contributed by atoms with van der Waals surface area (Å²) in [4.78, 5) is 20.8. The third kappa shape index (κ3) is 4.49. The molecule has 1 amide bonds. The van der Waals surface area contributed by atoms with E-state index in [1.54, 1.807) is 24.1 Å². The van der Waals surface area contributed by atoms with Gasteiger partial charge in [-0.1, -0.05) is 0 Å². The minimum atomic E-state index is -0.496. The highest BCUT2D eigenvalue weighted by Crippen LogP contribution is 2.30. The summed E-state index contributed by atoms with van der Waals surface area (Å²) in [6.07, 6.45) is 1.40. The molecule has 6 heteroatoms. The Labute approximate surface area is 160 Å². The van der Waals surface area contributed by atoms with Gasteiger partial charge in [-0.15, -0.1) is 0 Å². The summed E-state index contributed by atoms with van der Waals surface area (Å²) in [6.45, 7) is 9.17. The van der Waals surface area contributed by atoms with Crippen molar-refractivity contribution in [1.82, 2.24) is 9.88 Å². The van der Waals surface area contributed by atoms with Crippen LogP contribution in [0.2, 0.25) is 0 Å². The van der Waals surface area contributed by atoms with Gasteiger partial charge in [-0.2, -0.15) is 0 Å². The molecule has 2 heterocycles. The minimum absolute atomic E-state index is 0.141. The minimum Gasteiger partial charge on any atom is -0.444 e. The van der Waals surface area contributed by atoms with Gasteiger partial charge in [0, 0.05) is 42.9 Å². The van der Waals surface area contributed by atoms with E-state index in [2.05, 4.69) is 9.88 Å². The Kier molecular flexibility index (Phi) is 5.27. The number of hydrogen-bond acceptors (Lipinski definition) is 4. The Bertz CT molecular complexity index is 839. The van der Waals surface area contributed by atoms with Crippen molar-refractivity contribution in [2.24, 2.45) is 0 Å². The first-order valence-electron chi connectivity index (χ1n) is 9.42. The first-order chi connectivity index (χ1) is 12.6. The van der Waals surface area contributed by atoms with Crippen LogP contribution < -0.4 is 4.90 Å². The van der Waals surface area contributed by atoms with E-state index in [4.69, 9.17) is 4.74 Å². The number of ether oxygens (including phenoxy) is 1. The smallest absolute Gasteiger partial charge is 0.410 e. The number of anilines is 1. The van der Waals surface area contributed by atoms with Crippen LogP contribution in [0, 0.1) is 12.7 Å². The molecule has 1 saturated heterocycles. The molecular weight excluding hydrogens is 345 g/mol. The topological polar surface area (TPSA) is 45.7 Å². The van der Waals surface area contributed by atoms with E-state index in [1.807, 2.05) is 33.8 Å². The second kappa shape index (κ2) is 7.33. The quantitative estimate of drug-likeness (QED) is 0.777. The number of aromatic nitrogens is 1. The Hall–Kier alpha value is -2.37. The van der Waals surface area contributed by atoms with Crippen molar-refractivity contribution < 1.29 is 13.9 Å². The third-order valence-electron chi connectivity index (χ3n) is 4.91. The van der Waals surface area contributed by atoms with Crippen molar-refractivity contribution in [3.05, 3.63) is 35.8 Å². The fourth-order valence-corrected chi connectivity index (χ4v) is 3.55. The Morgan fingerprint density at radius 2 is 1.93 bits per heavy atom. The second-order valence-electron chi connectivity index (χ2n) is 8.25. The molecule has 1 fully saturated rings. The Morgan fingerprint density at radius 1 is 1.26 bits per heavy atom. The summed E-state index contributed by atoms with van der Waals surface area (Å²) < 4.78 is 19.2. The lowest BCUT2D eigenvalue weighted by Gasteiger charge is -2.38. The van der Waals surface area contributed by atoms with Crippen LogP contribution in [0.1, 0.15) is 39.3 Å². The summed E-state index contributed by atoms with van der Waals surface area (Å²) in [7, 11) is 1.80. The first-order valence-corrected chi connectivity index (χ1v) is 9.42. The highest BCUT2D eigenvalue weighted by molar-refractivity contribution is 5.92. The molecule has 1 aromatic carbocycles. The molecule has 27 heavy (non-hydrogen) atoms. The van der Waals surface area contributed by atoms with Gasteiger partial charge in [0.25, 0.3) is 0 Å². The van der Waals surface area contributed by atoms with Crippen LogP contribution in [0.15, 0.2) is 24.3 Å². The average Bonchev–Trinajstić information content (AvgIpc) is 2.59. The Morgan fingerprint density at radius 3 is 2.56 bits per heavy atom. The highest BCUT2D eigenvalue weighted by atomic mass is 19.1. The summed E-state index contributed by atoms with van der Waals surface area (Å²) in [5.41, 5.74) is 2.23. The lowest BCUT2D eigenvalue weighted by Crippen LogP contribution is -2.47. The maximum atomic E-state index is 13.8. The van der Waals surface area contributed by atoms with Crippen molar-refractivity contribution in [2.75, 3.05) is 25.0 Å². The lowest BCUT2D eigenvalue weighted by molar-refractivity contribution is 0.0201. The number of rotatable bonds is 2. The van der Waals surface area contributed by atoms with Crippen LogP contribution in [0.4, 0.5) is 14.9 Å². The van der Waals surface area contributed by atoms with Crippen molar-refractivity contribution in [3.8, 4) is 0 Å². The third-order valence-corrected chi connectivity index (χ3v) is 4.91. The number of aryl methyl sites for hydroxylation is 1. The average molecular weight is 373 g/mol. The summed E-state index contributed by atoms with van der Waals surface area (Å²) >= 11 is 0. The summed E-state index contributed by atoms with van der Waals surface area (Å²) in [5, 5.41) is 0.833. The van der Waals surface area contributed by atoms with Crippen molar-refractivity contribution in [1.29, 1.82) is 0 Å². The van der Waals surface area contributed by atoms with Crippen LogP contribution in [0.3, 0.4) is 0 Å². The number of carbonyl (C=O) groups excluding carboxylic acids is 1. The molecule has 0 spiro atoms. The molecule has 0 bridgehead atoms. The number of nitrogens with zero attached hydrogens (tertiary/aromatic N) is 3. The number of amides is 1. The van der Waals surface area contributed by atoms with Gasteiger partial charge in [0.1, 0.15) is 11.4 Å². The normalized spacial score (nSPS) is 15.9. The molecule has 146 valence electrons. The monoisotopic (exact) mass is 373 g/mol. The highest BCUT2D eigenvalue weighted by Gasteiger charge is 2.29. The van der Waals surface area contributed by atoms with E-state index in [0.29, 0.717) is 0 Å². The van der Waals surface area contributed by atoms with Crippen molar-refractivity contribution >= 4 is 22.7 Å². The van der Waals surface area contributed by atoms with E-state index in [1.165, 1.54) is 6.07 Å². The Balaban J connectivity index is 1.74. The molecule has 0 saturated carbocycles. The van der Waals surface area contributed by atoms with Crippen molar-refractivity contribution in [3.63, 3.8) is 0 Å². The molecule has 0 radical (unpaired) electrons. The van der Waals surface area contributed by atoms with Crippen LogP contribution in [0.5, 0.6) is 0 Å². The van der Waals surface area contributed by atoms with E-state index in [9.17, 15) is 9.18 Å². The van der Waals surface area contributed by atoms with Crippen LogP contribution in [0.25, 0.3) is 10.9 Å². The fourth-order valence-electron chi connectivity index (χ4n) is 3.55. The number of hydrogen-bond donors (Lipinski definition) is 0. The summed E-state index contributed by atoms with van der Waals surface area (Å²) in [6, 6.07) is 6.88. The number of carbonyl (C=O) groups is 1. The molecule has 1 aromatic heterocycles. The fraction of sp³-hybridized carbons (Fsp3) is 0.524. The van der Waals surface area contributed by atoms with E-state index in [0.717, 1.165) is 48.2 Å². The molecule has 1 aliphatic rings. The maximum absolute atomic E-state index is 13.8. The molecule has 3 rings (SSSR count). The number of halogens is 1. The predicted molar refractivity (Wildman–Crippen MR) is 106 cm³/mol. The molecule has 0 atom stereocenters. The number of benzene rings is 1. The van der Waals surface area contributed by atoms with E-state index in [-0.39, 0.29) is 18.0 Å². The van der Waals surface area contributed by atoms with Gasteiger partial charge in [0.15, 0.2) is 0 Å². The molecule has 0 aliphatic carbocycles. The maximum Gasteiger partial charge on any atom is 0.410 e. The zero-order valence-corrected chi connectivity index (χ0v) is 16.8. The molecule has 5 nitrogen and oxygen atoms in total. The van der Waals surface area contributed by atoms with Gasteiger partial charge in [-0.05, 0) is 64.8 Å². The van der Waals surface area contributed by atoms with E-state index < -0.39 is 5.60 Å². The number of fused-ring (bicyclic) bond motifs is 1. The standard InChI is InChI=1S/C21H28FN3O2/c1-14-12-19(17-13-15(22)6-7-18(17)23-14)25-10-8-16(9-11-25)24(5)20(26)27-21(2,3)4/h6-7,12-13,16H,8-11H2,1-5H3. The zero-order chi connectivity index (χ0) is 19.8. The van der Waals surface area contributed by atoms with Crippen molar-refractivity contribution in [2.45, 2.75) is 52.2 Å². The second-order valence-corrected chi connectivity index (χ2v) is 8.25. The lowest BCUT2D eigenvalue weighted by atomic mass is 10.0. The molecule has 1 aliphatic heterocycles. The SMILES string of the molecule is Cc1cc(N2CCC(N(C)C(=O)OC(C)(C)C)CC2)c2cc(F)ccc2n1. The first kappa shape index (κ1) is 19.4. The molecular formula is C21H28FN3O2. The van der Waals surface area contributed by atoms with Crippen LogP contribution >= 0.6 is 0 Å². The molecule has 0 N–H and O–H groups in total. The van der Waals surface area contributed by atoms with Crippen LogP contribution in [-0.2, 0) is 4.74 Å². The van der Waals surface area contributed by atoms with Gasteiger partial charge in [0.2, 0.25) is 0 Å². The molecule has 2 aromatic rings. The zero-order valence-electron chi connectivity index (χ0n) is 16.8. The largest absolute Gasteiger partial charge is 0.444 e. The van der Waals surface area contributed by atoms with Gasteiger partial charge >= 0.3 is 6.09 Å². The molecule has 0 unspecified atom stereocenters. The van der Waals surface area contributed by atoms with Gasteiger partial charge in [-0.3, -0.25) is 4.98 Å². The van der Waals surface area contributed by atoms with Gasteiger partial charge in [0.05, 0.1) is 5.52 Å². The predicted octanol–water partition coefficient (Wildman–Crippen LogP) is 4.52. The van der Waals surface area contributed by atoms with E-state index >= 15 is 0 Å².